The summed E-state index contributed by atoms with van der Waals surface area (Å²) in [4.78, 5) is 21.1. The smallest absolute Gasteiger partial charge is 0.234 e. The maximum Gasteiger partial charge on any atom is 0.234 e. The van der Waals surface area contributed by atoms with E-state index in [2.05, 4.69) is 37.2 Å². The number of piperazine rings is 1. The Morgan fingerprint density at radius 3 is 2.63 bits per heavy atom. The molecule has 2 N–H and O–H groups in total. The van der Waals surface area contributed by atoms with Gasteiger partial charge in [0.2, 0.25) is 5.91 Å². The average molecular weight is 374 g/mol. The zero-order valence-corrected chi connectivity index (χ0v) is 16.3. The minimum absolute atomic E-state index is 0.141. The molecule has 0 unspecified atom stereocenters. The highest BCUT2D eigenvalue weighted by molar-refractivity contribution is 5.80. The Bertz CT molecular complexity index is 686. The molecular formula is C18H30N8O. The molecule has 1 aliphatic heterocycles. The van der Waals surface area contributed by atoms with E-state index in [0.717, 1.165) is 56.6 Å². The second-order valence-electron chi connectivity index (χ2n) is 7.14. The van der Waals surface area contributed by atoms with Crippen LogP contribution in [0.2, 0.25) is 0 Å². The second kappa shape index (κ2) is 8.98. The number of hydrogen-bond donors (Lipinski definition) is 2. The summed E-state index contributed by atoms with van der Waals surface area (Å²) in [6.07, 6.45) is 4.07. The Labute approximate surface area is 160 Å². The fraction of sp³-hybridized carbons (Fsp3) is 0.667. The van der Waals surface area contributed by atoms with Crippen LogP contribution in [0, 0.1) is 6.92 Å². The van der Waals surface area contributed by atoms with Gasteiger partial charge in [-0.25, -0.2) is 4.99 Å². The molecule has 148 valence electrons. The molecule has 0 aromatic carbocycles. The van der Waals surface area contributed by atoms with Crippen LogP contribution in [0.1, 0.15) is 24.5 Å². The van der Waals surface area contributed by atoms with Gasteiger partial charge in [0, 0.05) is 45.8 Å². The summed E-state index contributed by atoms with van der Waals surface area (Å²) in [6, 6.07) is 0.421. The lowest BCUT2D eigenvalue weighted by Gasteiger charge is -2.36. The molecule has 1 saturated heterocycles. The number of aromatic nitrogens is 3. The lowest BCUT2D eigenvalue weighted by Crippen LogP contribution is -2.54. The first kappa shape index (κ1) is 19.3. The summed E-state index contributed by atoms with van der Waals surface area (Å²) in [5, 5.41) is 14.6. The maximum absolute atomic E-state index is 12.0. The number of guanidine groups is 1. The Morgan fingerprint density at radius 1 is 1.30 bits per heavy atom. The van der Waals surface area contributed by atoms with Crippen molar-refractivity contribution in [3.05, 3.63) is 24.3 Å². The molecule has 0 bridgehead atoms. The average Bonchev–Trinajstić information content (AvgIpc) is 3.42. The van der Waals surface area contributed by atoms with Gasteiger partial charge in [0.1, 0.15) is 12.4 Å². The third-order valence-electron chi connectivity index (χ3n) is 4.94. The van der Waals surface area contributed by atoms with Crippen LogP contribution in [0.15, 0.2) is 17.6 Å². The van der Waals surface area contributed by atoms with Gasteiger partial charge in [-0.2, -0.15) is 0 Å². The van der Waals surface area contributed by atoms with Gasteiger partial charge < -0.3 is 20.1 Å². The van der Waals surface area contributed by atoms with Crippen LogP contribution >= 0.6 is 0 Å². The lowest BCUT2D eigenvalue weighted by atomic mass is 10.3. The summed E-state index contributed by atoms with van der Waals surface area (Å²) < 4.78 is 1.95. The van der Waals surface area contributed by atoms with Crippen LogP contribution in [0.3, 0.4) is 0 Å². The van der Waals surface area contributed by atoms with E-state index in [1.165, 1.54) is 0 Å². The van der Waals surface area contributed by atoms with Crippen molar-refractivity contribution in [2.75, 3.05) is 39.3 Å². The first-order valence-corrected chi connectivity index (χ1v) is 9.57. The highest BCUT2D eigenvalue weighted by Crippen LogP contribution is 2.18. The quantitative estimate of drug-likeness (QED) is 0.385. The zero-order valence-electron chi connectivity index (χ0n) is 16.3. The van der Waals surface area contributed by atoms with Crippen molar-refractivity contribution in [3.8, 4) is 0 Å². The van der Waals surface area contributed by atoms with Gasteiger partial charge in [0.25, 0.3) is 0 Å². The fourth-order valence-corrected chi connectivity index (χ4v) is 2.99. The molecule has 1 aliphatic carbocycles. The van der Waals surface area contributed by atoms with Crippen molar-refractivity contribution in [1.82, 2.24) is 35.2 Å². The largest absolute Gasteiger partial charge is 0.353 e. The van der Waals surface area contributed by atoms with E-state index in [-0.39, 0.29) is 5.91 Å². The number of rotatable bonds is 7. The summed E-state index contributed by atoms with van der Waals surface area (Å²) in [6.45, 7) is 10.7. The van der Waals surface area contributed by atoms with Crippen LogP contribution in [0.4, 0.5) is 0 Å². The number of nitrogens with one attached hydrogen (secondary N) is 2. The number of amides is 1. The molecule has 27 heavy (non-hydrogen) atoms. The second-order valence-corrected chi connectivity index (χ2v) is 7.14. The number of carbonyl (C=O) groups is 1. The van der Waals surface area contributed by atoms with E-state index >= 15 is 0 Å². The Kier molecular flexibility index (Phi) is 6.44. The van der Waals surface area contributed by atoms with Crippen molar-refractivity contribution in [3.63, 3.8) is 0 Å². The molecule has 9 heteroatoms. The first-order valence-electron chi connectivity index (χ1n) is 9.57. The zero-order chi connectivity index (χ0) is 19.2. The molecule has 2 fully saturated rings. The minimum atomic E-state index is 0.141. The summed E-state index contributed by atoms with van der Waals surface area (Å²) in [5.74, 6) is 2.69. The topological polar surface area (TPSA) is 90.7 Å². The van der Waals surface area contributed by atoms with Crippen LogP contribution in [-0.4, -0.2) is 81.7 Å². The number of hydrogen-bond acceptors (Lipinski definition) is 5. The van der Waals surface area contributed by atoms with E-state index in [4.69, 9.17) is 4.99 Å². The standard InChI is InChI=1S/C18H30N8O/c1-4-7-19-18(20-12-16-23-22-14(2)24(16)3)26-10-8-25(9-11-26)13-17(27)21-15-5-6-15/h4,15H,1,5-13H2,2-3H3,(H,19,20)(H,21,27). The van der Waals surface area contributed by atoms with Crippen molar-refractivity contribution in [2.45, 2.75) is 32.4 Å². The maximum atomic E-state index is 12.0. The molecule has 9 nitrogen and oxygen atoms in total. The van der Waals surface area contributed by atoms with Crippen LogP contribution in [0.5, 0.6) is 0 Å². The molecule has 0 spiro atoms. The van der Waals surface area contributed by atoms with Gasteiger partial charge in [0.15, 0.2) is 11.8 Å². The lowest BCUT2D eigenvalue weighted by molar-refractivity contribution is -0.122. The van der Waals surface area contributed by atoms with E-state index in [1.54, 1.807) is 0 Å². The molecule has 3 rings (SSSR count). The number of carbonyl (C=O) groups excluding carboxylic acids is 1. The van der Waals surface area contributed by atoms with Gasteiger partial charge in [-0.15, -0.1) is 16.8 Å². The molecular weight excluding hydrogens is 344 g/mol. The van der Waals surface area contributed by atoms with Crippen molar-refractivity contribution < 1.29 is 4.79 Å². The number of aryl methyl sites for hydroxylation is 1. The fourth-order valence-electron chi connectivity index (χ4n) is 2.99. The van der Waals surface area contributed by atoms with E-state index < -0.39 is 0 Å². The number of nitrogens with zero attached hydrogens (tertiary/aromatic N) is 6. The van der Waals surface area contributed by atoms with E-state index in [0.29, 0.717) is 25.7 Å². The first-order chi connectivity index (χ1) is 13.1. The summed E-state index contributed by atoms with van der Waals surface area (Å²) in [5.41, 5.74) is 0. The predicted octanol–water partition coefficient (Wildman–Crippen LogP) is -0.349. The normalized spacial score (nSPS) is 18.4. The minimum Gasteiger partial charge on any atom is -0.353 e. The Hall–Kier alpha value is -2.42. The molecule has 1 saturated carbocycles. The third kappa shape index (κ3) is 5.53. The third-order valence-corrected chi connectivity index (χ3v) is 4.94. The SMILES string of the molecule is C=CCNC(=NCc1nnc(C)n1C)N1CCN(CC(=O)NC2CC2)CC1. The summed E-state index contributed by atoms with van der Waals surface area (Å²) >= 11 is 0. The molecule has 2 heterocycles. The predicted molar refractivity (Wildman–Crippen MR) is 104 cm³/mol. The number of aliphatic imine (C=N–C) groups is 1. The van der Waals surface area contributed by atoms with Crippen molar-refractivity contribution >= 4 is 11.9 Å². The van der Waals surface area contributed by atoms with Gasteiger partial charge in [0.05, 0.1) is 6.54 Å². The molecule has 1 aromatic heterocycles. The monoisotopic (exact) mass is 374 g/mol. The van der Waals surface area contributed by atoms with Gasteiger partial charge >= 0.3 is 0 Å². The summed E-state index contributed by atoms with van der Waals surface area (Å²) in [7, 11) is 1.95. The van der Waals surface area contributed by atoms with Gasteiger partial charge in [-0.1, -0.05) is 6.08 Å². The van der Waals surface area contributed by atoms with Crippen molar-refractivity contribution in [2.24, 2.45) is 12.0 Å². The Morgan fingerprint density at radius 2 is 2.04 bits per heavy atom. The van der Waals surface area contributed by atoms with Gasteiger partial charge in [-0.3, -0.25) is 9.69 Å². The van der Waals surface area contributed by atoms with E-state index in [9.17, 15) is 4.79 Å². The van der Waals surface area contributed by atoms with Crippen molar-refractivity contribution in [1.29, 1.82) is 0 Å². The molecule has 1 aromatic rings. The molecule has 0 radical (unpaired) electrons. The highest BCUT2D eigenvalue weighted by Gasteiger charge is 2.26. The van der Waals surface area contributed by atoms with E-state index in [1.807, 2.05) is 24.6 Å². The molecule has 1 amide bonds. The van der Waals surface area contributed by atoms with Crippen LogP contribution in [0.25, 0.3) is 0 Å². The van der Waals surface area contributed by atoms with Gasteiger partial charge in [-0.05, 0) is 19.8 Å². The highest BCUT2D eigenvalue weighted by atomic mass is 16.2. The molecule has 0 atom stereocenters. The Balaban J connectivity index is 1.53. The van der Waals surface area contributed by atoms with Crippen LogP contribution < -0.4 is 10.6 Å². The van der Waals surface area contributed by atoms with Crippen LogP contribution in [-0.2, 0) is 18.4 Å². The molecule has 2 aliphatic rings.